The van der Waals surface area contributed by atoms with Crippen molar-refractivity contribution in [3.63, 3.8) is 0 Å². The van der Waals surface area contributed by atoms with Crippen LogP contribution in [0.3, 0.4) is 0 Å². The number of amides is 2. The van der Waals surface area contributed by atoms with E-state index in [0.29, 0.717) is 4.90 Å². The Morgan fingerprint density at radius 1 is 1.30 bits per heavy atom. The van der Waals surface area contributed by atoms with Gasteiger partial charge in [0.1, 0.15) is 6.54 Å². The Bertz CT molecular complexity index is 624. The average molecular weight is 278 g/mol. The van der Waals surface area contributed by atoms with Gasteiger partial charge in [-0.05, 0) is 13.0 Å². The lowest BCUT2D eigenvalue weighted by molar-refractivity contribution is -0.384. The first-order chi connectivity index (χ1) is 9.45. The molecule has 104 valence electrons. The Labute approximate surface area is 113 Å². The molecular weight excluding hydrogens is 268 g/mol. The molecule has 8 heteroatoms. The van der Waals surface area contributed by atoms with Gasteiger partial charge in [0.05, 0.1) is 22.7 Å². The molecule has 0 atom stereocenters. The molecule has 1 aromatic rings. The topological polar surface area (TPSA) is 107 Å². The molecule has 1 aliphatic rings. The standard InChI is InChI=1S/C12H10N2O6/c1-2-20-10(15)6-13-11(16)8-4-3-7(14(18)19)5-9(8)12(13)17/h3-5H,2,6H2,1H3. The Kier molecular flexibility index (Phi) is 3.47. The number of imide groups is 1. The van der Waals surface area contributed by atoms with E-state index in [1.54, 1.807) is 6.92 Å². The molecule has 0 saturated carbocycles. The maximum absolute atomic E-state index is 12.0. The van der Waals surface area contributed by atoms with Crippen LogP contribution >= 0.6 is 0 Å². The molecule has 0 radical (unpaired) electrons. The van der Waals surface area contributed by atoms with Gasteiger partial charge in [-0.1, -0.05) is 0 Å². The van der Waals surface area contributed by atoms with E-state index >= 15 is 0 Å². The van der Waals surface area contributed by atoms with Crippen molar-refractivity contribution in [2.24, 2.45) is 0 Å². The molecule has 1 aromatic carbocycles. The molecule has 0 spiro atoms. The van der Waals surface area contributed by atoms with E-state index in [1.165, 1.54) is 6.07 Å². The van der Waals surface area contributed by atoms with Gasteiger partial charge in [0.25, 0.3) is 17.5 Å². The smallest absolute Gasteiger partial charge is 0.326 e. The minimum Gasteiger partial charge on any atom is -0.465 e. The summed E-state index contributed by atoms with van der Waals surface area (Å²) < 4.78 is 4.67. The number of carbonyl (C=O) groups excluding carboxylic acids is 3. The Morgan fingerprint density at radius 3 is 2.55 bits per heavy atom. The average Bonchev–Trinajstić information content (AvgIpc) is 2.64. The highest BCUT2D eigenvalue weighted by molar-refractivity contribution is 6.22. The second kappa shape index (κ2) is 5.08. The lowest BCUT2D eigenvalue weighted by Gasteiger charge is -2.12. The van der Waals surface area contributed by atoms with Crippen LogP contribution in [0.1, 0.15) is 27.6 Å². The maximum Gasteiger partial charge on any atom is 0.326 e. The summed E-state index contributed by atoms with van der Waals surface area (Å²) in [6.07, 6.45) is 0. The van der Waals surface area contributed by atoms with Gasteiger partial charge in [0, 0.05) is 12.1 Å². The lowest BCUT2D eigenvalue weighted by atomic mass is 10.1. The molecule has 0 N–H and O–H groups in total. The summed E-state index contributed by atoms with van der Waals surface area (Å²) in [4.78, 5) is 46.0. The second-order valence-corrected chi connectivity index (χ2v) is 3.99. The van der Waals surface area contributed by atoms with Crippen LogP contribution in [0.25, 0.3) is 0 Å². The number of hydrogen-bond acceptors (Lipinski definition) is 6. The van der Waals surface area contributed by atoms with Gasteiger partial charge in [-0.25, -0.2) is 0 Å². The third kappa shape index (κ3) is 2.22. The number of rotatable bonds is 4. The van der Waals surface area contributed by atoms with Crippen molar-refractivity contribution in [1.29, 1.82) is 0 Å². The largest absolute Gasteiger partial charge is 0.465 e. The van der Waals surface area contributed by atoms with Crippen LogP contribution in [0.2, 0.25) is 0 Å². The van der Waals surface area contributed by atoms with Gasteiger partial charge < -0.3 is 4.74 Å². The SMILES string of the molecule is CCOC(=O)CN1C(=O)c2ccc([N+](=O)[O-])cc2C1=O. The van der Waals surface area contributed by atoms with Crippen molar-refractivity contribution < 1.29 is 24.0 Å². The summed E-state index contributed by atoms with van der Waals surface area (Å²) in [6.45, 7) is 1.23. The number of non-ortho nitro benzene ring substituents is 1. The van der Waals surface area contributed by atoms with Crippen molar-refractivity contribution in [2.75, 3.05) is 13.2 Å². The first-order valence-corrected chi connectivity index (χ1v) is 5.76. The number of hydrogen-bond donors (Lipinski definition) is 0. The fourth-order valence-electron chi connectivity index (χ4n) is 1.87. The highest BCUT2D eigenvalue weighted by atomic mass is 16.6. The molecule has 0 aromatic heterocycles. The summed E-state index contributed by atoms with van der Waals surface area (Å²) in [5.74, 6) is -2.11. The Morgan fingerprint density at radius 2 is 1.95 bits per heavy atom. The summed E-state index contributed by atoms with van der Waals surface area (Å²) >= 11 is 0. The van der Waals surface area contributed by atoms with Crippen LogP contribution in [0.15, 0.2) is 18.2 Å². The van der Waals surface area contributed by atoms with Crippen molar-refractivity contribution in [3.05, 3.63) is 39.4 Å². The number of ether oxygens (including phenoxy) is 1. The van der Waals surface area contributed by atoms with Crippen LogP contribution in [0.5, 0.6) is 0 Å². The normalized spacial score (nSPS) is 13.3. The van der Waals surface area contributed by atoms with Crippen molar-refractivity contribution >= 4 is 23.5 Å². The predicted octanol–water partition coefficient (Wildman–Crippen LogP) is 0.754. The highest BCUT2D eigenvalue weighted by Gasteiger charge is 2.38. The van der Waals surface area contributed by atoms with Gasteiger partial charge in [0.15, 0.2) is 0 Å². The Hall–Kier alpha value is -2.77. The van der Waals surface area contributed by atoms with Gasteiger partial charge >= 0.3 is 5.97 Å². The summed E-state index contributed by atoms with van der Waals surface area (Å²) in [6, 6.07) is 3.37. The van der Waals surface area contributed by atoms with Crippen LogP contribution in [-0.2, 0) is 9.53 Å². The Balaban J connectivity index is 2.30. The first-order valence-electron chi connectivity index (χ1n) is 5.76. The zero-order chi connectivity index (χ0) is 14.9. The minimum absolute atomic E-state index is 0.0462. The van der Waals surface area contributed by atoms with Gasteiger partial charge in [-0.15, -0.1) is 0 Å². The fraction of sp³-hybridized carbons (Fsp3) is 0.250. The van der Waals surface area contributed by atoms with E-state index in [-0.39, 0.29) is 23.4 Å². The third-order valence-electron chi connectivity index (χ3n) is 2.76. The van der Waals surface area contributed by atoms with E-state index in [1.807, 2.05) is 0 Å². The number of carbonyl (C=O) groups is 3. The van der Waals surface area contributed by atoms with E-state index in [4.69, 9.17) is 0 Å². The van der Waals surface area contributed by atoms with Crippen molar-refractivity contribution in [1.82, 2.24) is 4.90 Å². The number of nitro benzene ring substituents is 1. The molecule has 20 heavy (non-hydrogen) atoms. The van der Waals surface area contributed by atoms with E-state index in [0.717, 1.165) is 12.1 Å². The quantitative estimate of drug-likeness (QED) is 0.348. The predicted molar refractivity (Wildman–Crippen MR) is 65.1 cm³/mol. The van der Waals surface area contributed by atoms with Gasteiger partial charge in [-0.2, -0.15) is 0 Å². The molecule has 2 rings (SSSR count). The molecule has 8 nitrogen and oxygen atoms in total. The first kappa shape index (κ1) is 13.7. The molecule has 0 unspecified atom stereocenters. The van der Waals surface area contributed by atoms with Crippen molar-refractivity contribution in [3.8, 4) is 0 Å². The second-order valence-electron chi connectivity index (χ2n) is 3.99. The number of nitrogens with zero attached hydrogens (tertiary/aromatic N) is 2. The molecule has 0 saturated heterocycles. The summed E-state index contributed by atoms with van der Waals surface area (Å²) in [5.41, 5.74) is -0.318. The van der Waals surface area contributed by atoms with Crippen LogP contribution in [-0.4, -0.2) is 40.8 Å². The van der Waals surface area contributed by atoms with E-state index < -0.39 is 29.3 Å². The zero-order valence-electron chi connectivity index (χ0n) is 10.5. The fourth-order valence-corrected chi connectivity index (χ4v) is 1.87. The maximum atomic E-state index is 12.0. The molecule has 2 amide bonds. The van der Waals surface area contributed by atoms with E-state index in [2.05, 4.69) is 4.74 Å². The molecule has 1 heterocycles. The number of esters is 1. The van der Waals surface area contributed by atoms with Crippen molar-refractivity contribution in [2.45, 2.75) is 6.92 Å². The van der Waals surface area contributed by atoms with Crippen LogP contribution < -0.4 is 0 Å². The monoisotopic (exact) mass is 278 g/mol. The summed E-state index contributed by atoms with van der Waals surface area (Å²) in [7, 11) is 0. The number of nitro groups is 1. The molecule has 0 bridgehead atoms. The molecular formula is C12H10N2O6. The lowest BCUT2D eigenvalue weighted by Crippen LogP contribution is -2.35. The molecule has 0 aliphatic carbocycles. The number of benzene rings is 1. The van der Waals surface area contributed by atoms with Gasteiger partial charge in [0.2, 0.25) is 0 Å². The van der Waals surface area contributed by atoms with E-state index in [9.17, 15) is 24.5 Å². The molecule has 1 aliphatic heterocycles. The minimum atomic E-state index is -0.734. The zero-order valence-corrected chi connectivity index (χ0v) is 10.5. The summed E-state index contributed by atoms with van der Waals surface area (Å²) in [5, 5.41) is 10.7. The number of fused-ring (bicyclic) bond motifs is 1. The van der Waals surface area contributed by atoms with Gasteiger partial charge in [-0.3, -0.25) is 29.4 Å². The highest BCUT2D eigenvalue weighted by Crippen LogP contribution is 2.26. The van der Waals surface area contributed by atoms with Crippen LogP contribution in [0.4, 0.5) is 5.69 Å². The molecule has 0 fully saturated rings. The third-order valence-corrected chi connectivity index (χ3v) is 2.76. The van der Waals surface area contributed by atoms with Crippen LogP contribution in [0, 0.1) is 10.1 Å².